The average Bonchev–Trinajstić information content (AvgIpc) is 1.41. The molecule has 0 aromatic heterocycles. The van der Waals surface area contributed by atoms with Crippen molar-refractivity contribution >= 4 is 0 Å². The number of hydrogen-bond donors (Lipinski definition) is 1. The molecular weight excluding hydrogens is 101 g/mol. The molecule has 0 aromatic rings. The fourth-order valence-corrected chi connectivity index (χ4v) is 0.144. The summed E-state index contributed by atoms with van der Waals surface area (Å²) in [6, 6.07) is 0. The summed E-state index contributed by atoms with van der Waals surface area (Å²) in [4.78, 5) is 0. The van der Waals surface area contributed by atoms with E-state index in [2.05, 4.69) is 6.92 Å². The second-order valence-electron chi connectivity index (χ2n) is 0.996. The first kappa shape index (κ1) is 10.6. The van der Waals surface area contributed by atoms with Gasteiger partial charge in [-0.1, -0.05) is 6.42 Å². The van der Waals surface area contributed by atoms with Crippen LogP contribution in [-0.2, 0) is 0 Å². The summed E-state index contributed by atoms with van der Waals surface area (Å²) in [5.41, 5.74) is 5.10. The van der Waals surface area contributed by atoms with Gasteiger partial charge in [-0.15, -0.1) is 0 Å². The van der Waals surface area contributed by atoms with E-state index in [1.165, 1.54) is 0 Å². The molecule has 0 spiro atoms. The maximum absolute atomic E-state index is 5.10. The molecule has 0 unspecified atom stereocenters. The Hall–Kier alpha value is 1.60. The van der Waals surface area contributed by atoms with Gasteiger partial charge in [-0.3, -0.25) is 0 Å². The van der Waals surface area contributed by atoms with Crippen LogP contribution < -0.4 is 57.1 Å². The maximum atomic E-state index is 5.10. The first-order chi connectivity index (χ1) is 2.41. The smallest absolute Gasteiger partial charge is 0.343 e. The van der Waals surface area contributed by atoms with Crippen molar-refractivity contribution in [3.63, 3.8) is 0 Å². The van der Waals surface area contributed by atoms with E-state index >= 15 is 0 Å². The summed E-state index contributed by atoms with van der Waals surface area (Å²) in [5.74, 6) is 0. The number of rotatable bonds is 2. The Kier molecular flexibility index (Phi) is 17.2. The van der Waals surface area contributed by atoms with E-state index in [0.717, 1.165) is 19.4 Å². The van der Waals surface area contributed by atoms with Crippen LogP contribution in [0.2, 0.25) is 0 Å². The van der Waals surface area contributed by atoms with Crippen LogP contribution in [0.25, 0.3) is 0 Å². The van der Waals surface area contributed by atoms with E-state index < -0.39 is 0 Å². The third-order valence-electron chi connectivity index (χ3n) is 0.454. The standard InChI is InChI=1S/C4H10N.K/c1-2-3-4-5;/h1-5H2;/q-1;+1. The van der Waals surface area contributed by atoms with Gasteiger partial charge in [0.2, 0.25) is 0 Å². The van der Waals surface area contributed by atoms with Crippen molar-refractivity contribution in [1.82, 2.24) is 0 Å². The van der Waals surface area contributed by atoms with Gasteiger partial charge in [0.15, 0.2) is 0 Å². The van der Waals surface area contributed by atoms with Gasteiger partial charge in [-0.05, 0) is 6.54 Å². The van der Waals surface area contributed by atoms with Crippen LogP contribution in [-0.4, -0.2) is 6.54 Å². The summed E-state index contributed by atoms with van der Waals surface area (Å²) in [5, 5.41) is 0. The summed E-state index contributed by atoms with van der Waals surface area (Å²) in [7, 11) is 0. The number of unbranched alkanes of at least 4 members (excludes halogenated alkanes) is 1. The third-order valence-corrected chi connectivity index (χ3v) is 0.454. The molecule has 1 nitrogen and oxygen atoms in total. The molecule has 0 saturated heterocycles. The molecule has 2 heteroatoms. The zero-order valence-electron chi connectivity index (χ0n) is 4.41. The maximum Gasteiger partial charge on any atom is 1.00 e. The minimum Gasteiger partial charge on any atom is -0.343 e. The number of nitrogens with two attached hydrogens (primary N) is 1. The molecule has 0 aromatic carbocycles. The van der Waals surface area contributed by atoms with Gasteiger partial charge in [0.05, 0.1) is 0 Å². The van der Waals surface area contributed by atoms with Gasteiger partial charge < -0.3 is 12.7 Å². The van der Waals surface area contributed by atoms with Gasteiger partial charge in [-0.2, -0.15) is 6.42 Å². The van der Waals surface area contributed by atoms with Crippen LogP contribution in [0.1, 0.15) is 12.8 Å². The molecule has 0 fully saturated rings. The van der Waals surface area contributed by atoms with Crippen LogP contribution in [0.4, 0.5) is 0 Å². The molecule has 0 radical (unpaired) electrons. The Morgan fingerprint density at radius 3 is 2.00 bits per heavy atom. The molecule has 0 rings (SSSR count). The number of hydrogen-bond acceptors (Lipinski definition) is 1. The van der Waals surface area contributed by atoms with E-state index in [-0.39, 0.29) is 51.4 Å². The van der Waals surface area contributed by atoms with Gasteiger partial charge in [0.25, 0.3) is 0 Å². The first-order valence-electron chi connectivity index (χ1n) is 1.91. The van der Waals surface area contributed by atoms with E-state index in [4.69, 9.17) is 5.73 Å². The largest absolute Gasteiger partial charge is 1.00 e. The summed E-state index contributed by atoms with van der Waals surface area (Å²) < 4.78 is 0. The van der Waals surface area contributed by atoms with Crippen molar-refractivity contribution < 1.29 is 51.4 Å². The van der Waals surface area contributed by atoms with Crippen molar-refractivity contribution in [2.75, 3.05) is 6.54 Å². The van der Waals surface area contributed by atoms with Gasteiger partial charge in [-0.25, -0.2) is 0 Å². The normalized spacial score (nSPS) is 7.00. The Morgan fingerprint density at radius 1 is 1.50 bits per heavy atom. The predicted octanol–water partition coefficient (Wildman–Crippen LogP) is -2.44. The summed E-state index contributed by atoms with van der Waals surface area (Å²) in [6.45, 7) is 4.38. The Balaban J connectivity index is 0. The second kappa shape index (κ2) is 9.78. The molecule has 0 amide bonds. The van der Waals surface area contributed by atoms with Gasteiger partial charge in [0, 0.05) is 0 Å². The quantitative estimate of drug-likeness (QED) is 0.311. The summed E-state index contributed by atoms with van der Waals surface area (Å²) in [6.07, 6.45) is 2.02. The molecular formula is C4H10KN. The molecule has 0 aliphatic rings. The topological polar surface area (TPSA) is 26.0 Å². The molecule has 0 aliphatic heterocycles. The molecule has 2 N–H and O–H groups in total. The predicted molar refractivity (Wildman–Crippen MR) is 23.6 cm³/mol. The van der Waals surface area contributed by atoms with Crippen molar-refractivity contribution in [3.05, 3.63) is 6.92 Å². The molecule has 6 heavy (non-hydrogen) atoms. The van der Waals surface area contributed by atoms with Crippen LogP contribution in [0.15, 0.2) is 0 Å². The van der Waals surface area contributed by atoms with E-state index in [9.17, 15) is 0 Å². The molecule has 0 bridgehead atoms. The molecule has 0 saturated carbocycles. The van der Waals surface area contributed by atoms with E-state index in [0.29, 0.717) is 0 Å². The van der Waals surface area contributed by atoms with Crippen molar-refractivity contribution in [2.24, 2.45) is 5.73 Å². The Morgan fingerprint density at radius 2 is 2.00 bits per heavy atom. The zero-order valence-corrected chi connectivity index (χ0v) is 7.53. The Labute approximate surface area is 82.1 Å². The fraction of sp³-hybridized carbons (Fsp3) is 0.750. The van der Waals surface area contributed by atoms with Crippen molar-refractivity contribution in [3.8, 4) is 0 Å². The van der Waals surface area contributed by atoms with Crippen LogP contribution in [0, 0.1) is 6.92 Å². The van der Waals surface area contributed by atoms with E-state index in [1.54, 1.807) is 0 Å². The molecule has 0 aliphatic carbocycles. The van der Waals surface area contributed by atoms with Crippen molar-refractivity contribution in [1.29, 1.82) is 0 Å². The first-order valence-corrected chi connectivity index (χ1v) is 1.91. The summed E-state index contributed by atoms with van der Waals surface area (Å²) >= 11 is 0. The monoisotopic (exact) mass is 111 g/mol. The minimum absolute atomic E-state index is 0. The zero-order chi connectivity index (χ0) is 4.12. The SMILES string of the molecule is [CH2-]CCCN.[K+]. The fourth-order valence-electron chi connectivity index (χ4n) is 0.144. The van der Waals surface area contributed by atoms with Gasteiger partial charge in [0.1, 0.15) is 0 Å². The van der Waals surface area contributed by atoms with Crippen molar-refractivity contribution in [2.45, 2.75) is 12.8 Å². The van der Waals surface area contributed by atoms with Crippen LogP contribution in [0.3, 0.4) is 0 Å². The third kappa shape index (κ3) is 9.14. The minimum atomic E-state index is 0. The molecule has 32 valence electrons. The van der Waals surface area contributed by atoms with Crippen LogP contribution >= 0.6 is 0 Å². The molecule has 0 atom stereocenters. The Bertz CT molecular complexity index is 15.0. The average molecular weight is 111 g/mol. The van der Waals surface area contributed by atoms with Gasteiger partial charge >= 0.3 is 51.4 Å². The van der Waals surface area contributed by atoms with E-state index in [1.807, 2.05) is 0 Å². The van der Waals surface area contributed by atoms with Crippen LogP contribution in [0.5, 0.6) is 0 Å². The second-order valence-corrected chi connectivity index (χ2v) is 0.996. The molecule has 0 heterocycles.